The first kappa shape index (κ1) is 20.5. The maximum absolute atomic E-state index is 12.2. The molecule has 0 aliphatic rings. The van der Waals surface area contributed by atoms with Gasteiger partial charge in [-0.15, -0.1) is 0 Å². The molecular formula is C21H26N2O4. The van der Waals surface area contributed by atoms with Crippen LogP contribution in [0.4, 0.5) is 0 Å². The summed E-state index contributed by atoms with van der Waals surface area (Å²) < 4.78 is 10.6. The van der Waals surface area contributed by atoms with Crippen LogP contribution in [0.25, 0.3) is 0 Å². The zero-order chi connectivity index (χ0) is 19.9. The van der Waals surface area contributed by atoms with Crippen LogP contribution in [0.3, 0.4) is 0 Å². The molecule has 2 rings (SSSR count). The van der Waals surface area contributed by atoms with Gasteiger partial charge in [-0.05, 0) is 28.7 Å². The van der Waals surface area contributed by atoms with Crippen LogP contribution >= 0.6 is 0 Å². The molecule has 2 aromatic carbocycles. The quantitative estimate of drug-likeness (QED) is 0.767. The summed E-state index contributed by atoms with van der Waals surface area (Å²) in [6.07, 6.45) is -0.808. The van der Waals surface area contributed by atoms with E-state index in [2.05, 4.69) is 31.6 Å². The van der Waals surface area contributed by atoms with E-state index in [0.717, 1.165) is 0 Å². The molecule has 0 radical (unpaired) electrons. The number of hydrogen-bond donors (Lipinski definition) is 2. The normalized spacial score (nSPS) is 12.1. The summed E-state index contributed by atoms with van der Waals surface area (Å²) in [5.41, 5.74) is 6.61. The van der Waals surface area contributed by atoms with Crippen molar-refractivity contribution >= 4 is 11.8 Å². The number of carbonyl (C=O) groups is 2. The minimum absolute atomic E-state index is 0.0524. The molecule has 0 bridgehead atoms. The Morgan fingerprint density at radius 3 is 2.15 bits per heavy atom. The first-order valence-electron chi connectivity index (χ1n) is 8.71. The van der Waals surface area contributed by atoms with Gasteiger partial charge in [-0.2, -0.15) is 0 Å². The Kier molecular flexibility index (Phi) is 6.96. The molecule has 0 unspecified atom stereocenters. The number of methoxy groups -OCH3 is 1. The molecule has 6 nitrogen and oxygen atoms in total. The van der Waals surface area contributed by atoms with Gasteiger partial charge in [0.25, 0.3) is 11.8 Å². The van der Waals surface area contributed by atoms with E-state index in [1.807, 2.05) is 42.5 Å². The molecule has 144 valence electrons. The lowest BCUT2D eigenvalue weighted by Crippen LogP contribution is -2.46. The van der Waals surface area contributed by atoms with Crippen LogP contribution in [-0.4, -0.2) is 25.5 Å². The van der Waals surface area contributed by atoms with E-state index in [1.54, 1.807) is 12.1 Å². The smallest absolute Gasteiger partial charge is 0.276 e. The van der Waals surface area contributed by atoms with Gasteiger partial charge in [0.2, 0.25) is 0 Å². The Labute approximate surface area is 159 Å². The fraction of sp³-hybridized carbons (Fsp3) is 0.333. The molecule has 1 atom stereocenters. The van der Waals surface area contributed by atoms with Crippen LogP contribution in [0.1, 0.15) is 38.0 Å². The van der Waals surface area contributed by atoms with Crippen molar-refractivity contribution in [1.82, 2.24) is 10.9 Å². The Balaban J connectivity index is 1.81. The molecule has 2 N–H and O–H groups in total. The molecule has 27 heavy (non-hydrogen) atoms. The van der Waals surface area contributed by atoms with E-state index in [-0.39, 0.29) is 12.0 Å². The van der Waals surface area contributed by atoms with Crippen molar-refractivity contribution in [2.45, 2.75) is 32.3 Å². The molecular weight excluding hydrogens is 344 g/mol. The van der Waals surface area contributed by atoms with Crippen molar-refractivity contribution in [2.24, 2.45) is 0 Å². The molecule has 0 aliphatic carbocycles. The fourth-order valence-electron chi connectivity index (χ4n) is 2.46. The van der Waals surface area contributed by atoms with Crippen molar-refractivity contribution in [3.63, 3.8) is 0 Å². The molecule has 0 aliphatic heterocycles. The van der Waals surface area contributed by atoms with Gasteiger partial charge in [-0.3, -0.25) is 20.4 Å². The van der Waals surface area contributed by atoms with Gasteiger partial charge in [0.05, 0.1) is 0 Å². The summed E-state index contributed by atoms with van der Waals surface area (Å²) in [5.74, 6) is -0.346. The highest BCUT2D eigenvalue weighted by Crippen LogP contribution is 2.24. The SMILES string of the molecule is CO[C@@H](C(=O)NNC(=O)COc1ccc(C(C)(C)C)cc1)c1ccccc1. The highest BCUT2D eigenvalue weighted by atomic mass is 16.5. The predicted octanol–water partition coefficient (Wildman–Crippen LogP) is 2.90. The van der Waals surface area contributed by atoms with Crippen molar-refractivity contribution in [3.05, 3.63) is 65.7 Å². The van der Waals surface area contributed by atoms with Gasteiger partial charge >= 0.3 is 0 Å². The summed E-state index contributed by atoms with van der Waals surface area (Å²) in [6.45, 7) is 6.17. The third kappa shape index (κ3) is 6.11. The third-order valence-electron chi connectivity index (χ3n) is 3.99. The van der Waals surface area contributed by atoms with Crippen LogP contribution in [0, 0.1) is 0 Å². The van der Waals surface area contributed by atoms with Gasteiger partial charge in [0, 0.05) is 7.11 Å². The Morgan fingerprint density at radius 2 is 1.59 bits per heavy atom. The lowest BCUT2D eigenvalue weighted by atomic mass is 9.87. The molecule has 0 aromatic heterocycles. The Bertz CT molecular complexity index is 752. The van der Waals surface area contributed by atoms with E-state index in [0.29, 0.717) is 11.3 Å². The van der Waals surface area contributed by atoms with Crippen LogP contribution in [0.2, 0.25) is 0 Å². The number of hydrogen-bond acceptors (Lipinski definition) is 4. The summed E-state index contributed by atoms with van der Waals surface area (Å²) in [5, 5.41) is 0. The third-order valence-corrected chi connectivity index (χ3v) is 3.99. The summed E-state index contributed by atoms with van der Waals surface area (Å²) in [4.78, 5) is 24.1. The van der Waals surface area contributed by atoms with E-state index >= 15 is 0 Å². The minimum Gasteiger partial charge on any atom is -0.484 e. The second-order valence-corrected chi connectivity index (χ2v) is 7.13. The molecule has 0 saturated heterocycles. The molecule has 0 heterocycles. The zero-order valence-corrected chi connectivity index (χ0v) is 16.1. The average molecular weight is 370 g/mol. The highest BCUT2D eigenvalue weighted by molar-refractivity contribution is 5.86. The van der Waals surface area contributed by atoms with Crippen LogP contribution in [0.15, 0.2) is 54.6 Å². The van der Waals surface area contributed by atoms with Crippen molar-refractivity contribution in [2.75, 3.05) is 13.7 Å². The van der Waals surface area contributed by atoms with Gasteiger partial charge in [0.15, 0.2) is 12.7 Å². The largest absolute Gasteiger partial charge is 0.484 e. The summed E-state index contributed by atoms with van der Waals surface area (Å²) >= 11 is 0. The van der Waals surface area contributed by atoms with Gasteiger partial charge in [0.1, 0.15) is 5.75 Å². The molecule has 2 aromatic rings. The van der Waals surface area contributed by atoms with Crippen molar-refractivity contribution < 1.29 is 19.1 Å². The molecule has 0 spiro atoms. The fourth-order valence-corrected chi connectivity index (χ4v) is 2.46. The zero-order valence-electron chi connectivity index (χ0n) is 16.1. The maximum atomic E-state index is 12.2. The second-order valence-electron chi connectivity index (χ2n) is 7.13. The summed E-state index contributed by atoms with van der Waals surface area (Å²) in [7, 11) is 1.43. The average Bonchev–Trinajstić information content (AvgIpc) is 2.66. The number of benzene rings is 2. The molecule has 0 saturated carbocycles. The molecule has 0 fully saturated rings. The molecule has 2 amide bonds. The lowest BCUT2D eigenvalue weighted by Gasteiger charge is -2.19. The monoisotopic (exact) mass is 370 g/mol. The van der Waals surface area contributed by atoms with Gasteiger partial charge in [-0.1, -0.05) is 63.2 Å². The minimum atomic E-state index is -0.808. The topological polar surface area (TPSA) is 76.7 Å². The van der Waals surface area contributed by atoms with E-state index in [1.165, 1.54) is 12.7 Å². The standard InChI is InChI=1S/C21H26N2O4/c1-21(2,3)16-10-12-17(13-11-16)27-14-18(24)22-23-20(25)19(26-4)15-8-6-5-7-9-15/h5-13,19H,14H2,1-4H3,(H,22,24)(H,23,25)/t19-/m1/s1. The second kappa shape index (κ2) is 9.19. The first-order valence-corrected chi connectivity index (χ1v) is 8.71. The summed E-state index contributed by atoms with van der Waals surface area (Å²) in [6, 6.07) is 16.6. The van der Waals surface area contributed by atoms with E-state index in [4.69, 9.17) is 9.47 Å². The lowest BCUT2D eigenvalue weighted by molar-refractivity contribution is -0.136. The molecule has 6 heteroatoms. The highest BCUT2D eigenvalue weighted by Gasteiger charge is 2.20. The van der Waals surface area contributed by atoms with Gasteiger partial charge < -0.3 is 9.47 Å². The first-order chi connectivity index (χ1) is 12.8. The van der Waals surface area contributed by atoms with Crippen LogP contribution in [0.5, 0.6) is 5.75 Å². The number of rotatable bonds is 6. The Hall–Kier alpha value is -2.86. The maximum Gasteiger partial charge on any atom is 0.276 e. The van der Waals surface area contributed by atoms with Crippen LogP contribution < -0.4 is 15.6 Å². The predicted molar refractivity (Wildman–Crippen MR) is 103 cm³/mol. The number of hydrazine groups is 1. The van der Waals surface area contributed by atoms with Crippen LogP contribution in [-0.2, 0) is 19.7 Å². The number of amides is 2. The number of carbonyl (C=O) groups excluding carboxylic acids is 2. The van der Waals surface area contributed by atoms with Crippen molar-refractivity contribution in [1.29, 1.82) is 0 Å². The van der Waals surface area contributed by atoms with Crippen molar-refractivity contribution in [3.8, 4) is 5.75 Å². The van der Waals surface area contributed by atoms with E-state index < -0.39 is 17.9 Å². The van der Waals surface area contributed by atoms with Gasteiger partial charge in [-0.25, -0.2) is 0 Å². The Morgan fingerprint density at radius 1 is 0.963 bits per heavy atom. The van der Waals surface area contributed by atoms with E-state index in [9.17, 15) is 9.59 Å². The number of nitrogens with one attached hydrogen (secondary N) is 2. The number of ether oxygens (including phenoxy) is 2.